The standard InChI is InChI=1S/C11H16N2O3S/c1-9-12-10(8-17-9)2-3-11(16)13(4-6-14)5-7-15/h2-3,8,14-15H,4-7H2,1H3. The zero-order valence-corrected chi connectivity index (χ0v) is 10.5. The Kier molecular flexibility index (Phi) is 5.82. The first-order valence-electron chi connectivity index (χ1n) is 5.28. The molecule has 5 nitrogen and oxygen atoms in total. The Morgan fingerprint density at radius 2 is 2.12 bits per heavy atom. The van der Waals surface area contributed by atoms with Gasteiger partial charge < -0.3 is 15.1 Å². The number of aromatic nitrogens is 1. The van der Waals surface area contributed by atoms with Gasteiger partial charge in [0.2, 0.25) is 5.91 Å². The SMILES string of the molecule is Cc1nc(C=CC(=O)N(CCO)CCO)cs1. The molecule has 0 fully saturated rings. The van der Waals surface area contributed by atoms with Crippen LogP contribution in [0.1, 0.15) is 10.7 Å². The first kappa shape index (κ1) is 13.8. The number of nitrogens with zero attached hydrogens (tertiary/aromatic N) is 2. The monoisotopic (exact) mass is 256 g/mol. The second-order valence-electron chi connectivity index (χ2n) is 3.40. The maximum absolute atomic E-state index is 11.7. The Bertz CT molecular complexity index is 384. The molecule has 17 heavy (non-hydrogen) atoms. The van der Waals surface area contributed by atoms with Gasteiger partial charge in [0, 0.05) is 24.5 Å². The molecular formula is C11H16N2O3S. The lowest BCUT2D eigenvalue weighted by molar-refractivity contribution is -0.126. The average Bonchev–Trinajstić information content (AvgIpc) is 2.72. The van der Waals surface area contributed by atoms with Gasteiger partial charge in [-0.15, -0.1) is 11.3 Å². The second kappa shape index (κ2) is 7.16. The van der Waals surface area contributed by atoms with Crippen LogP contribution in [-0.2, 0) is 4.79 Å². The van der Waals surface area contributed by atoms with E-state index in [0.717, 1.165) is 10.7 Å². The van der Waals surface area contributed by atoms with E-state index in [1.54, 1.807) is 6.08 Å². The molecule has 0 spiro atoms. The van der Waals surface area contributed by atoms with Crippen LogP contribution < -0.4 is 0 Å². The van der Waals surface area contributed by atoms with Gasteiger partial charge in [-0.1, -0.05) is 0 Å². The van der Waals surface area contributed by atoms with E-state index in [0.29, 0.717) is 0 Å². The number of aliphatic hydroxyl groups excluding tert-OH is 2. The molecule has 1 rings (SSSR count). The first-order valence-corrected chi connectivity index (χ1v) is 6.16. The van der Waals surface area contributed by atoms with Crippen molar-refractivity contribution in [1.29, 1.82) is 0 Å². The van der Waals surface area contributed by atoms with Crippen LogP contribution in [0.4, 0.5) is 0 Å². The van der Waals surface area contributed by atoms with Gasteiger partial charge in [0.25, 0.3) is 0 Å². The van der Waals surface area contributed by atoms with Crippen LogP contribution in [-0.4, -0.2) is 52.3 Å². The molecule has 0 bridgehead atoms. The van der Waals surface area contributed by atoms with Crippen molar-refractivity contribution in [2.75, 3.05) is 26.3 Å². The van der Waals surface area contributed by atoms with Crippen molar-refractivity contribution in [3.05, 3.63) is 22.2 Å². The molecule has 0 saturated carbocycles. The van der Waals surface area contributed by atoms with Crippen molar-refractivity contribution < 1.29 is 15.0 Å². The van der Waals surface area contributed by atoms with E-state index in [4.69, 9.17) is 10.2 Å². The van der Waals surface area contributed by atoms with Crippen LogP contribution in [0.5, 0.6) is 0 Å². The zero-order chi connectivity index (χ0) is 12.7. The number of hydrogen-bond donors (Lipinski definition) is 2. The highest BCUT2D eigenvalue weighted by Gasteiger charge is 2.08. The van der Waals surface area contributed by atoms with Gasteiger partial charge in [0.05, 0.1) is 23.9 Å². The van der Waals surface area contributed by atoms with Gasteiger partial charge in [-0.2, -0.15) is 0 Å². The summed E-state index contributed by atoms with van der Waals surface area (Å²) in [4.78, 5) is 17.3. The summed E-state index contributed by atoms with van der Waals surface area (Å²) in [6.45, 7) is 2.11. The van der Waals surface area contributed by atoms with Crippen molar-refractivity contribution in [2.45, 2.75) is 6.92 Å². The fourth-order valence-electron chi connectivity index (χ4n) is 1.29. The van der Waals surface area contributed by atoms with Crippen molar-refractivity contribution in [3.63, 3.8) is 0 Å². The third-order valence-corrected chi connectivity index (χ3v) is 2.88. The Balaban J connectivity index is 2.59. The van der Waals surface area contributed by atoms with Crippen LogP contribution in [0, 0.1) is 6.92 Å². The highest BCUT2D eigenvalue weighted by atomic mass is 32.1. The smallest absolute Gasteiger partial charge is 0.246 e. The average molecular weight is 256 g/mol. The lowest BCUT2D eigenvalue weighted by atomic mass is 10.3. The first-order chi connectivity index (χ1) is 8.17. The van der Waals surface area contributed by atoms with Crippen LogP contribution in [0.2, 0.25) is 0 Å². The lowest BCUT2D eigenvalue weighted by Gasteiger charge is -2.18. The number of rotatable bonds is 6. The van der Waals surface area contributed by atoms with Gasteiger partial charge in [-0.05, 0) is 13.0 Å². The van der Waals surface area contributed by atoms with Gasteiger partial charge in [0.15, 0.2) is 0 Å². The van der Waals surface area contributed by atoms with Gasteiger partial charge in [-0.3, -0.25) is 4.79 Å². The van der Waals surface area contributed by atoms with Crippen molar-refractivity contribution in [2.24, 2.45) is 0 Å². The molecule has 0 saturated heterocycles. The number of hydrogen-bond acceptors (Lipinski definition) is 5. The molecule has 1 aromatic rings. The number of carbonyl (C=O) groups excluding carboxylic acids is 1. The molecule has 94 valence electrons. The molecular weight excluding hydrogens is 240 g/mol. The molecule has 6 heteroatoms. The predicted octanol–water partition coefficient (Wildman–Crippen LogP) is 0.278. The molecule has 0 aliphatic carbocycles. The fourth-order valence-corrected chi connectivity index (χ4v) is 1.87. The summed E-state index contributed by atoms with van der Waals surface area (Å²) in [6.07, 6.45) is 3.04. The number of amides is 1. The van der Waals surface area contributed by atoms with Crippen molar-refractivity contribution in [3.8, 4) is 0 Å². The molecule has 1 amide bonds. The molecule has 2 N–H and O–H groups in total. The summed E-state index contributed by atoms with van der Waals surface area (Å²) in [6, 6.07) is 0. The molecule has 0 atom stereocenters. The van der Waals surface area contributed by atoms with Gasteiger partial charge in [0.1, 0.15) is 0 Å². The number of aliphatic hydroxyl groups is 2. The molecule has 1 aromatic heterocycles. The van der Waals surface area contributed by atoms with E-state index < -0.39 is 0 Å². The normalized spacial score (nSPS) is 11.0. The third-order valence-electron chi connectivity index (χ3n) is 2.08. The quantitative estimate of drug-likeness (QED) is 0.717. The van der Waals surface area contributed by atoms with E-state index in [1.165, 1.54) is 22.3 Å². The van der Waals surface area contributed by atoms with E-state index in [-0.39, 0.29) is 32.2 Å². The molecule has 0 radical (unpaired) electrons. The Morgan fingerprint density at radius 1 is 1.47 bits per heavy atom. The molecule has 0 unspecified atom stereocenters. The lowest BCUT2D eigenvalue weighted by Crippen LogP contribution is -2.34. The molecule has 0 aliphatic heterocycles. The largest absolute Gasteiger partial charge is 0.395 e. The molecule has 0 aromatic carbocycles. The summed E-state index contributed by atoms with van der Waals surface area (Å²) in [5.74, 6) is -0.237. The topological polar surface area (TPSA) is 73.7 Å². The number of carbonyl (C=O) groups is 1. The van der Waals surface area contributed by atoms with E-state index in [2.05, 4.69) is 4.98 Å². The van der Waals surface area contributed by atoms with Crippen LogP contribution in [0.25, 0.3) is 6.08 Å². The van der Waals surface area contributed by atoms with Crippen molar-refractivity contribution in [1.82, 2.24) is 9.88 Å². The predicted molar refractivity (Wildman–Crippen MR) is 66.6 cm³/mol. The number of aryl methyl sites for hydroxylation is 1. The second-order valence-corrected chi connectivity index (χ2v) is 4.46. The zero-order valence-electron chi connectivity index (χ0n) is 9.67. The summed E-state index contributed by atoms with van der Waals surface area (Å²) in [5.41, 5.74) is 0.744. The highest BCUT2D eigenvalue weighted by Crippen LogP contribution is 2.09. The Morgan fingerprint density at radius 3 is 2.59 bits per heavy atom. The summed E-state index contributed by atoms with van der Waals surface area (Å²) in [7, 11) is 0. The third kappa shape index (κ3) is 4.64. The maximum atomic E-state index is 11.7. The summed E-state index contributed by atoms with van der Waals surface area (Å²) in [5, 5.41) is 20.4. The minimum absolute atomic E-state index is 0.116. The Labute approximate surface area is 104 Å². The summed E-state index contributed by atoms with van der Waals surface area (Å²) < 4.78 is 0. The van der Waals surface area contributed by atoms with Crippen LogP contribution >= 0.6 is 11.3 Å². The summed E-state index contributed by atoms with van der Waals surface area (Å²) >= 11 is 1.52. The van der Waals surface area contributed by atoms with Crippen LogP contribution in [0.3, 0.4) is 0 Å². The van der Waals surface area contributed by atoms with E-state index in [1.807, 2.05) is 12.3 Å². The van der Waals surface area contributed by atoms with Gasteiger partial charge >= 0.3 is 0 Å². The minimum Gasteiger partial charge on any atom is -0.395 e. The minimum atomic E-state index is -0.237. The Hall–Kier alpha value is -1.24. The van der Waals surface area contributed by atoms with E-state index >= 15 is 0 Å². The van der Waals surface area contributed by atoms with Gasteiger partial charge in [-0.25, -0.2) is 4.98 Å². The fraction of sp³-hybridized carbons (Fsp3) is 0.455. The van der Waals surface area contributed by atoms with E-state index in [9.17, 15) is 4.79 Å². The maximum Gasteiger partial charge on any atom is 0.246 e. The van der Waals surface area contributed by atoms with Crippen LogP contribution in [0.15, 0.2) is 11.5 Å². The van der Waals surface area contributed by atoms with Crippen molar-refractivity contribution >= 4 is 23.3 Å². The molecule has 1 heterocycles. The number of thiazole rings is 1. The molecule has 0 aliphatic rings. The highest BCUT2D eigenvalue weighted by molar-refractivity contribution is 7.09.